The van der Waals surface area contributed by atoms with E-state index in [0.29, 0.717) is 13.2 Å². The van der Waals surface area contributed by atoms with E-state index >= 15 is 0 Å². The number of amides is 1. The van der Waals surface area contributed by atoms with Crippen LogP contribution >= 0.6 is 0 Å². The number of benzene rings is 1. The summed E-state index contributed by atoms with van der Waals surface area (Å²) >= 11 is 0. The van der Waals surface area contributed by atoms with Crippen LogP contribution < -0.4 is 15.0 Å². The zero-order valence-corrected chi connectivity index (χ0v) is 13.4. The lowest BCUT2D eigenvalue weighted by molar-refractivity contribution is -0.905. The molecular weight excluding hydrogens is 280 g/mol. The van der Waals surface area contributed by atoms with Crippen LogP contribution in [0.15, 0.2) is 24.3 Å². The Balaban J connectivity index is 1.60. The lowest BCUT2D eigenvalue weighted by atomic mass is 10.1. The SMILES string of the molecule is CCOc1ccc(NC(=O)OCCC[NH+]2CCCCC2)cc1. The number of hydrogen-bond donors (Lipinski definition) is 2. The largest absolute Gasteiger partial charge is 0.494 e. The Labute approximate surface area is 132 Å². The molecule has 0 radical (unpaired) electrons. The van der Waals surface area contributed by atoms with Crippen LogP contribution in [-0.2, 0) is 4.74 Å². The second-order valence-corrected chi connectivity index (χ2v) is 5.63. The molecule has 5 nitrogen and oxygen atoms in total. The predicted molar refractivity (Wildman–Crippen MR) is 86.6 cm³/mol. The summed E-state index contributed by atoms with van der Waals surface area (Å²) in [6.07, 6.45) is 4.55. The van der Waals surface area contributed by atoms with Crippen LogP contribution in [-0.4, -0.2) is 38.9 Å². The third-order valence-electron chi connectivity index (χ3n) is 3.88. The van der Waals surface area contributed by atoms with Gasteiger partial charge in [0, 0.05) is 12.1 Å². The van der Waals surface area contributed by atoms with Gasteiger partial charge in [0.1, 0.15) is 5.75 Å². The average Bonchev–Trinajstić information content (AvgIpc) is 2.55. The van der Waals surface area contributed by atoms with Gasteiger partial charge in [0.25, 0.3) is 0 Å². The molecule has 5 heteroatoms. The van der Waals surface area contributed by atoms with Gasteiger partial charge in [-0.25, -0.2) is 4.79 Å². The smallest absolute Gasteiger partial charge is 0.411 e. The highest BCUT2D eigenvalue weighted by molar-refractivity contribution is 5.84. The van der Waals surface area contributed by atoms with Crippen LogP contribution in [0.2, 0.25) is 0 Å². The first-order valence-corrected chi connectivity index (χ1v) is 8.28. The lowest BCUT2D eigenvalue weighted by Gasteiger charge is -2.23. The number of quaternary nitrogens is 1. The molecule has 0 bridgehead atoms. The monoisotopic (exact) mass is 307 g/mol. The summed E-state index contributed by atoms with van der Waals surface area (Å²) < 4.78 is 10.6. The minimum Gasteiger partial charge on any atom is -0.494 e. The maximum atomic E-state index is 11.7. The molecule has 22 heavy (non-hydrogen) atoms. The summed E-state index contributed by atoms with van der Waals surface area (Å²) in [5.41, 5.74) is 0.718. The highest BCUT2D eigenvalue weighted by atomic mass is 16.5. The first-order valence-electron chi connectivity index (χ1n) is 8.28. The van der Waals surface area contributed by atoms with Crippen LogP contribution in [0.4, 0.5) is 10.5 Å². The van der Waals surface area contributed by atoms with Gasteiger partial charge in [-0.05, 0) is 50.5 Å². The van der Waals surface area contributed by atoms with Crippen molar-refractivity contribution < 1.29 is 19.2 Å². The van der Waals surface area contributed by atoms with Gasteiger partial charge >= 0.3 is 6.09 Å². The van der Waals surface area contributed by atoms with E-state index in [4.69, 9.17) is 9.47 Å². The molecule has 1 aliphatic rings. The molecule has 1 aromatic carbocycles. The quantitative estimate of drug-likeness (QED) is 0.759. The maximum Gasteiger partial charge on any atom is 0.411 e. The molecule has 0 aliphatic carbocycles. The van der Waals surface area contributed by atoms with E-state index in [9.17, 15) is 4.79 Å². The topological polar surface area (TPSA) is 52.0 Å². The van der Waals surface area contributed by atoms with Crippen molar-refractivity contribution in [2.24, 2.45) is 0 Å². The Hall–Kier alpha value is -1.75. The van der Waals surface area contributed by atoms with Crippen LogP contribution in [0.1, 0.15) is 32.6 Å². The van der Waals surface area contributed by atoms with E-state index in [2.05, 4.69) is 5.32 Å². The fourth-order valence-electron chi connectivity index (χ4n) is 2.74. The molecule has 0 saturated carbocycles. The average molecular weight is 307 g/mol. The van der Waals surface area contributed by atoms with Gasteiger partial charge in [0.05, 0.1) is 32.8 Å². The number of ether oxygens (including phenoxy) is 2. The van der Waals surface area contributed by atoms with E-state index in [1.54, 1.807) is 4.90 Å². The number of carbonyl (C=O) groups excluding carboxylic acids is 1. The third kappa shape index (κ3) is 5.93. The Kier molecular flexibility index (Phi) is 7.03. The number of nitrogens with one attached hydrogen (secondary N) is 2. The predicted octanol–water partition coefficient (Wildman–Crippen LogP) is 2.09. The summed E-state index contributed by atoms with van der Waals surface area (Å²) in [4.78, 5) is 13.3. The third-order valence-corrected chi connectivity index (χ3v) is 3.88. The van der Waals surface area contributed by atoms with Gasteiger partial charge in [0.15, 0.2) is 0 Å². The summed E-state index contributed by atoms with van der Waals surface area (Å²) in [5.74, 6) is 0.797. The molecule has 0 aromatic heterocycles. The van der Waals surface area contributed by atoms with Crippen LogP contribution in [0, 0.1) is 0 Å². The summed E-state index contributed by atoms with van der Waals surface area (Å²) in [7, 11) is 0. The van der Waals surface area contributed by atoms with Gasteiger partial charge in [0.2, 0.25) is 0 Å². The molecule has 0 spiro atoms. The molecule has 2 N–H and O–H groups in total. The number of piperidine rings is 1. The highest BCUT2D eigenvalue weighted by Crippen LogP contribution is 2.15. The van der Waals surface area contributed by atoms with E-state index in [-0.39, 0.29) is 0 Å². The minimum absolute atomic E-state index is 0.391. The van der Waals surface area contributed by atoms with Gasteiger partial charge < -0.3 is 14.4 Å². The molecule has 1 amide bonds. The summed E-state index contributed by atoms with van der Waals surface area (Å²) in [6.45, 7) is 6.67. The Bertz CT molecular complexity index is 442. The van der Waals surface area contributed by atoms with Crippen LogP contribution in [0.5, 0.6) is 5.75 Å². The maximum absolute atomic E-state index is 11.7. The number of rotatable bonds is 7. The number of hydrogen-bond acceptors (Lipinski definition) is 3. The Morgan fingerprint density at radius 1 is 1.18 bits per heavy atom. The Morgan fingerprint density at radius 2 is 1.91 bits per heavy atom. The van der Waals surface area contributed by atoms with Crippen molar-refractivity contribution in [3.8, 4) is 5.75 Å². The fourth-order valence-corrected chi connectivity index (χ4v) is 2.74. The first-order chi connectivity index (χ1) is 10.8. The molecule has 1 fully saturated rings. The van der Waals surface area contributed by atoms with E-state index in [1.165, 1.54) is 32.4 Å². The van der Waals surface area contributed by atoms with E-state index < -0.39 is 6.09 Å². The molecule has 1 aromatic rings. The normalized spacial score (nSPS) is 15.3. The zero-order valence-electron chi connectivity index (χ0n) is 13.4. The van der Waals surface area contributed by atoms with Gasteiger partial charge in [-0.2, -0.15) is 0 Å². The second-order valence-electron chi connectivity index (χ2n) is 5.63. The van der Waals surface area contributed by atoms with E-state index in [1.807, 2.05) is 31.2 Å². The van der Waals surface area contributed by atoms with Crippen molar-refractivity contribution in [2.45, 2.75) is 32.6 Å². The molecule has 0 unspecified atom stereocenters. The summed E-state index contributed by atoms with van der Waals surface area (Å²) in [6, 6.07) is 7.28. The minimum atomic E-state index is -0.391. The van der Waals surface area contributed by atoms with Gasteiger partial charge in [-0.3, -0.25) is 5.32 Å². The van der Waals surface area contributed by atoms with Crippen molar-refractivity contribution in [1.82, 2.24) is 0 Å². The molecule has 1 heterocycles. The Morgan fingerprint density at radius 3 is 2.59 bits per heavy atom. The van der Waals surface area contributed by atoms with Crippen molar-refractivity contribution in [3.05, 3.63) is 24.3 Å². The number of likely N-dealkylation sites (tertiary alicyclic amines) is 1. The number of anilines is 1. The molecule has 1 aliphatic heterocycles. The number of carbonyl (C=O) groups is 1. The summed E-state index contributed by atoms with van der Waals surface area (Å²) in [5, 5.41) is 2.73. The van der Waals surface area contributed by atoms with Gasteiger partial charge in [-0.1, -0.05) is 0 Å². The standard InChI is InChI=1S/C17H26N2O3/c1-2-21-16-9-7-15(8-10-16)18-17(20)22-14-6-13-19-11-4-3-5-12-19/h7-10H,2-6,11-14H2,1H3,(H,18,20)/p+1. The highest BCUT2D eigenvalue weighted by Gasteiger charge is 2.13. The van der Waals surface area contributed by atoms with Crippen molar-refractivity contribution in [2.75, 3.05) is 38.2 Å². The van der Waals surface area contributed by atoms with Crippen molar-refractivity contribution >= 4 is 11.8 Å². The van der Waals surface area contributed by atoms with Crippen LogP contribution in [0.3, 0.4) is 0 Å². The van der Waals surface area contributed by atoms with Crippen molar-refractivity contribution in [1.29, 1.82) is 0 Å². The lowest BCUT2D eigenvalue weighted by Crippen LogP contribution is -3.12. The van der Waals surface area contributed by atoms with Gasteiger partial charge in [-0.15, -0.1) is 0 Å². The molecule has 122 valence electrons. The van der Waals surface area contributed by atoms with Crippen LogP contribution in [0.25, 0.3) is 0 Å². The molecular formula is C17H27N2O3+. The van der Waals surface area contributed by atoms with E-state index in [0.717, 1.165) is 24.4 Å². The molecule has 2 rings (SSSR count). The van der Waals surface area contributed by atoms with Crippen molar-refractivity contribution in [3.63, 3.8) is 0 Å². The molecule has 1 saturated heterocycles. The zero-order chi connectivity index (χ0) is 15.6. The second kappa shape index (κ2) is 9.30. The fraction of sp³-hybridized carbons (Fsp3) is 0.588. The molecule has 0 atom stereocenters. The first kappa shape index (κ1) is 16.6.